The van der Waals surface area contributed by atoms with Crippen LogP contribution in [0.5, 0.6) is 5.88 Å². The second-order valence-corrected chi connectivity index (χ2v) is 9.25. The Labute approximate surface area is 220 Å². The molecular weight excluding hydrogens is 496 g/mol. The number of nitrogens with zero attached hydrogens (tertiary/aromatic N) is 1. The zero-order chi connectivity index (χ0) is 25.7. The van der Waals surface area contributed by atoms with Gasteiger partial charge in [-0.15, -0.1) is 0 Å². The lowest BCUT2D eigenvalue weighted by atomic mass is 9.87. The van der Waals surface area contributed by atoms with Crippen molar-refractivity contribution in [3.8, 4) is 5.88 Å². The van der Waals surface area contributed by atoms with E-state index in [1.165, 1.54) is 18.2 Å². The van der Waals surface area contributed by atoms with Gasteiger partial charge in [-0.2, -0.15) is 0 Å². The van der Waals surface area contributed by atoms with Crippen LogP contribution in [0.2, 0.25) is 5.02 Å². The number of aromatic nitrogens is 1. The van der Waals surface area contributed by atoms with Gasteiger partial charge in [0.1, 0.15) is 5.82 Å². The Morgan fingerprint density at radius 3 is 2.64 bits per heavy atom. The quantitative estimate of drug-likeness (QED) is 0.199. The molecule has 36 heavy (non-hydrogen) atoms. The molecule has 0 atom stereocenters. The first-order chi connectivity index (χ1) is 17.4. The zero-order valence-electron chi connectivity index (χ0n) is 20.0. The van der Waals surface area contributed by atoms with Gasteiger partial charge in [-0.05, 0) is 70.5 Å². The molecule has 0 saturated carbocycles. The van der Waals surface area contributed by atoms with Gasteiger partial charge < -0.3 is 4.74 Å². The Morgan fingerprint density at radius 1 is 1.17 bits per heavy atom. The number of carbonyl (C=O) groups excluding carboxylic acids is 1. The summed E-state index contributed by atoms with van der Waals surface area (Å²) in [4.78, 5) is 15.9. The number of hydrogen-bond donors (Lipinski definition) is 0. The smallest absolute Gasteiger partial charge is 0.213 e. The van der Waals surface area contributed by atoms with Gasteiger partial charge in [-0.25, -0.2) is 9.37 Å². The molecule has 2 aromatic carbocycles. The topological polar surface area (TPSA) is 39.2 Å². The normalized spacial score (nSPS) is 13.3. The molecule has 0 saturated heterocycles. The lowest BCUT2D eigenvalue weighted by Gasteiger charge is -2.18. The maximum absolute atomic E-state index is 13.8. The molecule has 1 aromatic heterocycles. The fourth-order valence-corrected chi connectivity index (χ4v) is 5.05. The molecule has 0 fully saturated rings. The summed E-state index contributed by atoms with van der Waals surface area (Å²) in [6.07, 6.45) is 5.37. The summed E-state index contributed by atoms with van der Waals surface area (Å²) in [5.41, 5.74) is 6.65. The Hall–Kier alpha value is -3.21. The number of rotatable bonds is 10. The van der Waals surface area contributed by atoms with Crippen molar-refractivity contribution in [3.63, 3.8) is 0 Å². The van der Waals surface area contributed by atoms with Crippen molar-refractivity contribution < 1.29 is 13.9 Å². The van der Waals surface area contributed by atoms with E-state index in [1.54, 1.807) is 18.3 Å². The van der Waals surface area contributed by atoms with Crippen LogP contribution in [-0.4, -0.2) is 17.4 Å². The van der Waals surface area contributed by atoms with E-state index in [-0.39, 0.29) is 11.6 Å². The van der Waals surface area contributed by atoms with Crippen LogP contribution in [-0.2, 0) is 11.2 Å². The van der Waals surface area contributed by atoms with E-state index in [2.05, 4.69) is 17.6 Å². The highest BCUT2D eigenvalue weighted by atomic mass is 35.5. The summed E-state index contributed by atoms with van der Waals surface area (Å²) in [7, 11) is 0. The highest BCUT2D eigenvalue weighted by Gasteiger charge is 2.26. The lowest BCUT2D eigenvalue weighted by molar-refractivity contribution is -0.114. The first-order valence-electron chi connectivity index (χ1n) is 11.8. The maximum atomic E-state index is 13.8. The van der Waals surface area contributed by atoms with E-state index in [9.17, 15) is 9.18 Å². The molecule has 1 aliphatic rings. The van der Waals surface area contributed by atoms with E-state index in [1.807, 2.05) is 31.2 Å². The van der Waals surface area contributed by atoms with Crippen LogP contribution in [0.1, 0.15) is 48.4 Å². The molecule has 0 radical (unpaired) electrons. The molecular formula is C30H26Cl2FNO2. The summed E-state index contributed by atoms with van der Waals surface area (Å²) >= 11 is 13.4. The second kappa shape index (κ2) is 11.7. The first-order valence-corrected chi connectivity index (χ1v) is 12.6. The van der Waals surface area contributed by atoms with Crippen molar-refractivity contribution in [3.05, 3.63) is 112 Å². The molecule has 3 aromatic rings. The van der Waals surface area contributed by atoms with Crippen LogP contribution in [0.4, 0.5) is 4.39 Å². The van der Waals surface area contributed by atoms with Crippen molar-refractivity contribution in [2.45, 2.75) is 32.6 Å². The van der Waals surface area contributed by atoms with Gasteiger partial charge in [-0.1, -0.05) is 67.0 Å². The van der Waals surface area contributed by atoms with Gasteiger partial charge in [0.05, 0.1) is 16.7 Å². The molecule has 184 valence electrons. The highest BCUT2D eigenvalue weighted by Crippen LogP contribution is 2.46. The number of fused-ring (bicyclic) bond motifs is 1. The van der Waals surface area contributed by atoms with Crippen molar-refractivity contribution in [2.75, 3.05) is 6.61 Å². The first kappa shape index (κ1) is 25.9. The Morgan fingerprint density at radius 2 is 1.97 bits per heavy atom. The molecule has 0 amide bonds. The average molecular weight is 522 g/mol. The fourth-order valence-electron chi connectivity index (χ4n) is 4.42. The Bertz CT molecular complexity index is 1360. The third-order valence-electron chi connectivity index (χ3n) is 6.17. The Kier molecular flexibility index (Phi) is 8.40. The SMILES string of the molecule is C=CC(=O)CCCOc1ccc(/C(C2=C(Cl)c3ccccc3C2)=C(/CC)c2ccc(F)cc2Cl)cn1. The predicted octanol–water partition coefficient (Wildman–Crippen LogP) is 8.32. The summed E-state index contributed by atoms with van der Waals surface area (Å²) in [6.45, 7) is 5.90. The molecule has 0 N–H and O–H groups in total. The van der Waals surface area contributed by atoms with Gasteiger partial charge >= 0.3 is 0 Å². The minimum atomic E-state index is -0.385. The number of benzene rings is 2. The average Bonchev–Trinajstić information content (AvgIpc) is 3.22. The number of ketones is 1. The number of allylic oxidation sites excluding steroid dienone is 4. The minimum absolute atomic E-state index is 0.00838. The summed E-state index contributed by atoms with van der Waals surface area (Å²) in [6, 6.07) is 16.3. The molecule has 6 heteroatoms. The van der Waals surface area contributed by atoms with Gasteiger partial charge in [-0.3, -0.25) is 4.79 Å². The maximum Gasteiger partial charge on any atom is 0.213 e. The van der Waals surface area contributed by atoms with Crippen LogP contribution in [0.15, 0.2) is 79.0 Å². The summed E-state index contributed by atoms with van der Waals surface area (Å²) in [5.74, 6) is 0.0759. The molecule has 0 spiro atoms. The summed E-state index contributed by atoms with van der Waals surface area (Å²) < 4.78 is 19.6. The van der Waals surface area contributed by atoms with Crippen molar-refractivity contribution in [1.29, 1.82) is 0 Å². The highest BCUT2D eigenvalue weighted by molar-refractivity contribution is 6.51. The standard InChI is InChI=1S/C30H26Cl2FNO2/c1-3-22(35)9-7-15-36-28-14-11-20(18-34-28)29(23(4-2)25-13-12-21(33)17-27(25)31)26-16-19-8-5-6-10-24(19)30(26)32/h3,5-6,8,10-14,17-18H,1,4,7,9,15-16H2,2H3/b29-23+. The van der Waals surface area contributed by atoms with Gasteiger partial charge in [0, 0.05) is 30.7 Å². The van der Waals surface area contributed by atoms with Crippen LogP contribution < -0.4 is 4.74 Å². The van der Waals surface area contributed by atoms with Crippen LogP contribution in [0.25, 0.3) is 16.2 Å². The van der Waals surface area contributed by atoms with Gasteiger partial charge in [0.2, 0.25) is 5.88 Å². The van der Waals surface area contributed by atoms with E-state index < -0.39 is 0 Å². The van der Waals surface area contributed by atoms with Crippen LogP contribution in [0.3, 0.4) is 0 Å². The van der Waals surface area contributed by atoms with E-state index in [0.717, 1.165) is 39.0 Å². The number of pyridine rings is 1. The molecule has 0 bridgehead atoms. The predicted molar refractivity (Wildman–Crippen MR) is 146 cm³/mol. The number of carbonyl (C=O) groups is 1. The van der Waals surface area contributed by atoms with Gasteiger partial charge in [0.15, 0.2) is 5.78 Å². The van der Waals surface area contributed by atoms with Crippen molar-refractivity contribution in [2.24, 2.45) is 0 Å². The van der Waals surface area contributed by atoms with Crippen LogP contribution in [0, 0.1) is 5.82 Å². The number of halogens is 3. The van der Waals surface area contributed by atoms with Crippen molar-refractivity contribution in [1.82, 2.24) is 4.98 Å². The largest absolute Gasteiger partial charge is 0.478 e. The third kappa shape index (κ3) is 5.61. The molecule has 3 nitrogen and oxygen atoms in total. The second-order valence-electron chi connectivity index (χ2n) is 8.47. The van der Waals surface area contributed by atoms with Crippen molar-refractivity contribution >= 4 is 45.2 Å². The molecule has 0 unspecified atom stereocenters. The lowest BCUT2D eigenvalue weighted by Crippen LogP contribution is -2.03. The van der Waals surface area contributed by atoms with E-state index in [4.69, 9.17) is 27.9 Å². The fraction of sp³-hybridized carbons (Fsp3) is 0.200. The van der Waals surface area contributed by atoms with Gasteiger partial charge in [0.25, 0.3) is 0 Å². The van der Waals surface area contributed by atoms with Crippen LogP contribution >= 0.6 is 23.2 Å². The Balaban J connectivity index is 1.74. The molecule has 1 heterocycles. The number of hydrogen-bond acceptors (Lipinski definition) is 3. The molecule has 1 aliphatic carbocycles. The minimum Gasteiger partial charge on any atom is -0.478 e. The third-order valence-corrected chi connectivity index (χ3v) is 6.91. The molecule has 0 aliphatic heterocycles. The summed E-state index contributed by atoms with van der Waals surface area (Å²) in [5, 5.41) is 1.04. The molecule has 4 rings (SSSR count). The monoisotopic (exact) mass is 521 g/mol. The van der Waals surface area contributed by atoms with E-state index >= 15 is 0 Å². The van der Waals surface area contributed by atoms with E-state index in [0.29, 0.717) is 48.2 Å². The number of ether oxygens (including phenoxy) is 1. The zero-order valence-corrected chi connectivity index (χ0v) is 21.5.